The van der Waals surface area contributed by atoms with Gasteiger partial charge in [-0.25, -0.2) is 8.78 Å². The molecule has 76 valence electrons. The minimum absolute atomic E-state index is 0.146. The zero-order chi connectivity index (χ0) is 10.2. The largest absolute Gasteiger partial charge is 0.330 e. The summed E-state index contributed by atoms with van der Waals surface area (Å²) in [5.41, 5.74) is 6.38. The molecule has 0 heterocycles. The van der Waals surface area contributed by atoms with Crippen LogP contribution in [-0.2, 0) is 5.41 Å². The first-order valence-electron chi connectivity index (χ1n) is 4.77. The first kappa shape index (κ1) is 9.59. The van der Waals surface area contributed by atoms with Gasteiger partial charge in [-0.1, -0.05) is 24.3 Å². The molecule has 3 heteroatoms. The van der Waals surface area contributed by atoms with E-state index in [4.69, 9.17) is 5.73 Å². The molecule has 2 N–H and O–H groups in total. The van der Waals surface area contributed by atoms with Crippen LogP contribution < -0.4 is 5.73 Å². The third kappa shape index (κ3) is 1.42. The second-order valence-electron chi connectivity index (χ2n) is 3.87. The molecule has 0 radical (unpaired) electrons. The molecule has 2 rings (SSSR count). The molecule has 0 aliphatic heterocycles. The van der Waals surface area contributed by atoms with Crippen molar-refractivity contribution in [3.8, 4) is 0 Å². The number of hydrogen-bond acceptors (Lipinski definition) is 1. The standard InChI is InChI=1S/C11H13F2N/c12-10(13)8-3-1-2-4-9(8)11(7-14)5-6-11/h1-4,10H,5-7,14H2. The highest BCUT2D eigenvalue weighted by Gasteiger charge is 2.44. The summed E-state index contributed by atoms with van der Waals surface area (Å²) in [4.78, 5) is 0. The van der Waals surface area contributed by atoms with Gasteiger partial charge < -0.3 is 5.73 Å². The van der Waals surface area contributed by atoms with Gasteiger partial charge in [0.1, 0.15) is 0 Å². The number of benzene rings is 1. The molecule has 0 saturated heterocycles. The highest BCUT2D eigenvalue weighted by atomic mass is 19.3. The predicted molar refractivity (Wildman–Crippen MR) is 51.4 cm³/mol. The number of nitrogens with two attached hydrogens (primary N) is 1. The molecular weight excluding hydrogens is 184 g/mol. The van der Waals surface area contributed by atoms with Crippen molar-refractivity contribution in [2.45, 2.75) is 24.7 Å². The molecule has 1 aromatic rings. The lowest BCUT2D eigenvalue weighted by Gasteiger charge is -2.16. The van der Waals surface area contributed by atoms with Gasteiger partial charge in [0.05, 0.1) is 0 Å². The molecule has 1 aromatic carbocycles. The Bertz CT molecular complexity index is 332. The van der Waals surface area contributed by atoms with E-state index in [1.165, 1.54) is 6.07 Å². The summed E-state index contributed by atoms with van der Waals surface area (Å²) < 4.78 is 25.4. The lowest BCUT2D eigenvalue weighted by atomic mass is 9.91. The van der Waals surface area contributed by atoms with Crippen LogP contribution in [0.2, 0.25) is 0 Å². The van der Waals surface area contributed by atoms with E-state index >= 15 is 0 Å². The quantitative estimate of drug-likeness (QED) is 0.792. The van der Waals surface area contributed by atoms with Gasteiger partial charge in [-0.2, -0.15) is 0 Å². The van der Waals surface area contributed by atoms with Crippen LogP contribution in [0.5, 0.6) is 0 Å². The Labute approximate surface area is 81.9 Å². The Morgan fingerprint density at radius 2 is 1.93 bits per heavy atom. The fourth-order valence-corrected chi connectivity index (χ4v) is 1.90. The zero-order valence-electron chi connectivity index (χ0n) is 7.84. The minimum atomic E-state index is -2.39. The summed E-state index contributed by atoms with van der Waals surface area (Å²) in [5, 5.41) is 0. The highest BCUT2D eigenvalue weighted by molar-refractivity contribution is 5.39. The van der Waals surface area contributed by atoms with Crippen LogP contribution in [0.1, 0.15) is 30.4 Å². The lowest BCUT2D eigenvalue weighted by Crippen LogP contribution is -2.21. The van der Waals surface area contributed by atoms with Gasteiger partial charge in [0.25, 0.3) is 6.43 Å². The number of alkyl halides is 2. The molecule has 1 nitrogen and oxygen atoms in total. The van der Waals surface area contributed by atoms with E-state index in [0.29, 0.717) is 6.54 Å². The van der Waals surface area contributed by atoms with Crippen molar-refractivity contribution < 1.29 is 8.78 Å². The average molecular weight is 197 g/mol. The first-order valence-corrected chi connectivity index (χ1v) is 4.77. The topological polar surface area (TPSA) is 26.0 Å². The summed E-state index contributed by atoms with van der Waals surface area (Å²) >= 11 is 0. The molecule has 14 heavy (non-hydrogen) atoms. The summed E-state index contributed by atoms with van der Waals surface area (Å²) in [7, 11) is 0. The van der Waals surface area contributed by atoms with Crippen molar-refractivity contribution >= 4 is 0 Å². The SMILES string of the molecule is NCC1(c2ccccc2C(F)F)CC1. The molecule has 0 spiro atoms. The highest BCUT2D eigenvalue weighted by Crippen LogP contribution is 2.49. The molecule has 1 fully saturated rings. The Kier molecular flexibility index (Phi) is 2.27. The van der Waals surface area contributed by atoms with Crippen LogP contribution in [0.25, 0.3) is 0 Å². The Morgan fingerprint density at radius 3 is 2.43 bits per heavy atom. The monoisotopic (exact) mass is 197 g/mol. The zero-order valence-corrected chi connectivity index (χ0v) is 7.84. The lowest BCUT2D eigenvalue weighted by molar-refractivity contribution is 0.149. The van der Waals surface area contributed by atoms with Crippen LogP contribution in [-0.4, -0.2) is 6.54 Å². The van der Waals surface area contributed by atoms with Crippen LogP contribution in [0.3, 0.4) is 0 Å². The molecule has 0 aromatic heterocycles. The molecule has 0 amide bonds. The third-order valence-electron chi connectivity index (χ3n) is 3.01. The van der Waals surface area contributed by atoms with Crippen molar-refractivity contribution in [1.29, 1.82) is 0 Å². The Balaban J connectivity index is 2.42. The summed E-state index contributed by atoms with van der Waals surface area (Å²) in [6, 6.07) is 6.73. The van der Waals surface area contributed by atoms with E-state index in [2.05, 4.69) is 0 Å². The maximum atomic E-state index is 12.7. The fourth-order valence-electron chi connectivity index (χ4n) is 1.90. The van der Waals surface area contributed by atoms with Gasteiger partial charge in [-0.3, -0.25) is 0 Å². The fraction of sp³-hybridized carbons (Fsp3) is 0.455. The maximum Gasteiger partial charge on any atom is 0.264 e. The maximum absolute atomic E-state index is 12.7. The molecule has 0 unspecified atom stereocenters. The van der Waals surface area contributed by atoms with Crippen LogP contribution in [0.4, 0.5) is 8.78 Å². The van der Waals surface area contributed by atoms with E-state index in [1.807, 2.05) is 0 Å². The van der Waals surface area contributed by atoms with Gasteiger partial charge >= 0.3 is 0 Å². The molecule has 1 aliphatic carbocycles. The van der Waals surface area contributed by atoms with Crippen molar-refractivity contribution in [3.05, 3.63) is 35.4 Å². The van der Waals surface area contributed by atoms with Gasteiger partial charge in [0.15, 0.2) is 0 Å². The van der Waals surface area contributed by atoms with E-state index in [-0.39, 0.29) is 11.0 Å². The number of halogens is 2. The second-order valence-corrected chi connectivity index (χ2v) is 3.87. The normalized spacial score (nSPS) is 18.6. The minimum Gasteiger partial charge on any atom is -0.330 e. The molecule has 1 aliphatic rings. The summed E-state index contributed by atoms with van der Waals surface area (Å²) in [6.07, 6.45) is -0.518. The van der Waals surface area contributed by atoms with Crippen molar-refractivity contribution in [3.63, 3.8) is 0 Å². The van der Waals surface area contributed by atoms with Crippen molar-refractivity contribution in [2.75, 3.05) is 6.54 Å². The second kappa shape index (κ2) is 3.31. The molecule has 1 saturated carbocycles. The number of rotatable bonds is 3. The average Bonchev–Trinajstić information content (AvgIpc) is 2.98. The first-order chi connectivity index (χ1) is 6.69. The van der Waals surface area contributed by atoms with Gasteiger partial charge in [0, 0.05) is 17.5 Å². The summed E-state index contributed by atoms with van der Waals surface area (Å²) in [5.74, 6) is 0. The van der Waals surface area contributed by atoms with E-state index in [0.717, 1.165) is 18.4 Å². The smallest absolute Gasteiger partial charge is 0.264 e. The third-order valence-corrected chi connectivity index (χ3v) is 3.01. The van der Waals surface area contributed by atoms with Crippen molar-refractivity contribution in [2.24, 2.45) is 5.73 Å². The Hall–Kier alpha value is -0.960. The molecular formula is C11H13F2N. The van der Waals surface area contributed by atoms with Crippen LogP contribution in [0.15, 0.2) is 24.3 Å². The summed E-state index contributed by atoms with van der Waals surface area (Å²) in [6.45, 7) is 0.469. The predicted octanol–water partition coefficient (Wildman–Crippen LogP) is 2.61. The van der Waals surface area contributed by atoms with E-state index in [9.17, 15) is 8.78 Å². The van der Waals surface area contributed by atoms with Crippen LogP contribution in [0, 0.1) is 0 Å². The van der Waals surface area contributed by atoms with Gasteiger partial charge in [-0.15, -0.1) is 0 Å². The van der Waals surface area contributed by atoms with Crippen LogP contribution >= 0.6 is 0 Å². The molecule has 0 atom stereocenters. The number of hydrogen-bond donors (Lipinski definition) is 1. The van der Waals surface area contributed by atoms with E-state index < -0.39 is 6.43 Å². The van der Waals surface area contributed by atoms with Crippen molar-refractivity contribution in [1.82, 2.24) is 0 Å². The van der Waals surface area contributed by atoms with Gasteiger partial charge in [-0.05, 0) is 18.4 Å². The van der Waals surface area contributed by atoms with Gasteiger partial charge in [0.2, 0.25) is 0 Å². The molecule has 0 bridgehead atoms. The van der Waals surface area contributed by atoms with E-state index in [1.54, 1.807) is 18.2 Å². The Morgan fingerprint density at radius 1 is 1.29 bits per heavy atom.